The summed E-state index contributed by atoms with van der Waals surface area (Å²) >= 11 is 0. The van der Waals surface area contributed by atoms with Crippen molar-refractivity contribution in [3.8, 4) is 5.69 Å². The summed E-state index contributed by atoms with van der Waals surface area (Å²) in [5, 5.41) is 12.0. The number of fused-ring (bicyclic) bond motifs is 2. The fourth-order valence-electron chi connectivity index (χ4n) is 5.40. The molecule has 1 aromatic carbocycles. The van der Waals surface area contributed by atoms with E-state index in [4.69, 9.17) is 4.43 Å². The van der Waals surface area contributed by atoms with E-state index >= 15 is 0 Å². The molecule has 2 aromatic heterocycles. The Morgan fingerprint density at radius 1 is 1.21 bits per heavy atom. The largest absolute Gasteiger partial charge is 0.416 e. The molecule has 0 spiro atoms. The molecule has 0 aliphatic heterocycles. The summed E-state index contributed by atoms with van der Waals surface area (Å²) in [4.78, 5) is 13.4. The van der Waals surface area contributed by atoms with Crippen molar-refractivity contribution < 1.29 is 13.6 Å². The van der Waals surface area contributed by atoms with Gasteiger partial charge in [-0.25, -0.2) is 9.07 Å². The average Bonchev–Trinajstić information content (AvgIpc) is 3.46. The first kappa shape index (κ1) is 26.6. The lowest BCUT2D eigenvalue weighted by Crippen LogP contribution is -2.48. The van der Waals surface area contributed by atoms with Crippen molar-refractivity contribution in [2.24, 2.45) is 18.4 Å². The van der Waals surface area contributed by atoms with Gasteiger partial charge in [-0.15, -0.1) is 0 Å². The number of amides is 1. The highest BCUT2D eigenvalue weighted by Crippen LogP contribution is 2.51. The number of nitrogens with one attached hydrogen (secondary N) is 1. The van der Waals surface area contributed by atoms with Crippen LogP contribution >= 0.6 is 0 Å². The number of rotatable bonds is 6. The van der Waals surface area contributed by atoms with E-state index in [9.17, 15) is 9.18 Å². The molecule has 2 aliphatic carbocycles. The van der Waals surface area contributed by atoms with Crippen LogP contribution in [0.5, 0.6) is 0 Å². The number of halogens is 1. The highest BCUT2D eigenvalue weighted by atomic mass is 28.4. The van der Waals surface area contributed by atoms with E-state index < -0.39 is 8.32 Å². The van der Waals surface area contributed by atoms with Crippen LogP contribution in [0.1, 0.15) is 51.3 Å². The van der Waals surface area contributed by atoms with Crippen molar-refractivity contribution >= 4 is 26.0 Å². The number of hydrogen-bond acceptors (Lipinski definition) is 4. The van der Waals surface area contributed by atoms with Crippen LogP contribution in [-0.2, 0) is 22.7 Å². The molecule has 3 aromatic rings. The van der Waals surface area contributed by atoms with Gasteiger partial charge in [-0.2, -0.15) is 10.2 Å². The maximum atomic E-state index is 13.6. The van der Waals surface area contributed by atoms with Crippen LogP contribution in [-0.4, -0.2) is 40.4 Å². The minimum Gasteiger partial charge on any atom is -0.416 e. The smallest absolute Gasteiger partial charge is 0.227 e. The minimum absolute atomic E-state index is 0.0385. The Morgan fingerprint density at radius 2 is 1.95 bits per heavy atom. The number of anilines is 1. The minimum atomic E-state index is -2.02. The second kappa shape index (κ2) is 9.61. The lowest BCUT2D eigenvalue weighted by Gasteiger charge is -2.47. The molecule has 9 heteroatoms. The zero-order valence-electron chi connectivity index (χ0n) is 23.2. The van der Waals surface area contributed by atoms with Crippen LogP contribution in [0.3, 0.4) is 0 Å². The standard InChI is InChI=1S/C29H38FN5O2Si/c1-28(2,3)38(5,6)37-19-29-14-20(27(36)33-24-17-31-34(4)18-24)7-8-22(29)13-26-21(15-29)16-32-35(26)25-11-9-23(30)10-12-25/h9-13,16-18,20H,7-8,14-15,19H2,1-6H3,(H,33,36)/t20?,29-/m0/s1. The summed E-state index contributed by atoms with van der Waals surface area (Å²) < 4.78 is 24.0. The van der Waals surface area contributed by atoms with Crippen LogP contribution in [0, 0.1) is 17.2 Å². The molecular formula is C29H38FN5O2Si. The van der Waals surface area contributed by atoms with Crippen LogP contribution < -0.4 is 5.32 Å². The van der Waals surface area contributed by atoms with Crippen molar-refractivity contribution in [1.29, 1.82) is 0 Å². The molecule has 2 aliphatic rings. The predicted octanol–water partition coefficient (Wildman–Crippen LogP) is 6.13. The SMILES string of the molecule is Cn1cc(NC(=O)C2CCC3=Cc4c(cnn4-c4ccc(F)cc4)C[C@]3(CO[Si](C)(C)C(C)(C)C)C2)cn1. The summed E-state index contributed by atoms with van der Waals surface area (Å²) in [7, 11) is -0.178. The summed E-state index contributed by atoms with van der Waals surface area (Å²) in [5.41, 5.74) is 4.76. The van der Waals surface area contributed by atoms with Gasteiger partial charge < -0.3 is 9.74 Å². The van der Waals surface area contributed by atoms with E-state index in [0.717, 1.165) is 48.3 Å². The third-order valence-electron chi connectivity index (χ3n) is 8.74. The Bertz CT molecular complexity index is 1370. The molecule has 0 bridgehead atoms. The van der Waals surface area contributed by atoms with Crippen molar-refractivity contribution in [1.82, 2.24) is 19.6 Å². The van der Waals surface area contributed by atoms with Crippen LogP contribution in [0.2, 0.25) is 18.1 Å². The second-order valence-electron chi connectivity index (χ2n) is 12.5. The molecule has 1 amide bonds. The zero-order valence-corrected chi connectivity index (χ0v) is 24.2. The highest BCUT2D eigenvalue weighted by molar-refractivity contribution is 6.74. The van der Waals surface area contributed by atoms with Gasteiger partial charge in [0.25, 0.3) is 0 Å². The normalized spacial score (nSPS) is 21.4. The Labute approximate surface area is 225 Å². The van der Waals surface area contributed by atoms with Gasteiger partial charge in [0.2, 0.25) is 5.91 Å². The lowest BCUT2D eigenvalue weighted by atomic mass is 9.61. The topological polar surface area (TPSA) is 74.0 Å². The first-order valence-corrected chi connectivity index (χ1v) is 16.3. The monoisotopic (exact) mass is 535 g/mol. The van der Waals surface area contributed by atoms with Crippen molar-refractivity contribution in [3.63, 3.8) is 0 Å². The van der Waals surface area contributed by atoms with Gasteiger partial charge in [-0.3, -0.25) is 9.48 Å². The number of aromatic nitrogens is 4. The molecule has 1 unspecified atom stereocenters. The van der Waals surface area contributed by atoms with Gasteiger partial charge in [-0.05, 0) is 79.7 Å². The van der Waals surface area contributed by atoms with Gasteiger partial charge in [-0.1, -0.05) is 26.3 Å². The first-order valence-electron chi connectivity index (χ1n) is 13.3. The second-order valence-corrected chi connectivity index (χ2v) is 17.3. The third-order valence-corrected chi connectivity index (χ3v) is 13.2. The Hall–Kier alpha value is -3.04. The van der Waals surface area contributed by atoms with E-state index in [1.807, 2.05) is 24.1 Å². The van der Waals surface area contributed by atoms with Crippen LogP contribution in [0.15, 0.2) is 48.4 Å². The van der Waals surface area contributed by atoms with Crippen molar-refractivity contribution in [2.75, 3.05) is 11.9 Å². The van der Waals surface area contributed by atoms with E-state index in [2.05, 4.69) is 55.5 Å². The van der Waals surface area contributed by atoms with Gasteiger partial charge in [0, 0.05) is 31.2 Å². The number of carbonyl (C=O) groups excluding carboxylic acids is 1. The third kappa shape index (κ3) is 5.01. The molecule has 2 atom stereocenters. The van der Waals surface area contributed by atoms with Gasteiger partial charge in [0.1, 0.15) is 5.82 Å². The molecule has 2 heterocycles. The fraction of sp³-hybridized carbons (Fsp3) is 0.483. The van der Waals surface area contributed by atoms with E-state index in [0.29, 0.717) is 6.61 Å². The first-order chi connectivity index (χ1) is 17.9. The van der Waals surface area contributed by atoms with Crippen molar-refractivity contribution in [3.05, 3.63) is 65.5 Å². The molecule has 38 heavy (non-hydrogen) atoms. The van der Waals surface area contributed by atoms with E-state index in [1.54, 1.807) is 23.0 Å². The number of nitrogens with zero attached hydrogens (tertiary/aromatic N) is 4. The average molecular weight is 536 g/mol. The molecule has 0 radical (unpaired) electrons. The van der Waals surface area contributed by atoms with E-state index in [1.165, 1.54) is 17.7 Å². The summed E-state index contributed by atoms with van der Waals surface area (Å²) in [6.45, 7) is 11.9. The molecule has 0 saturated heterocycles. The molecule has 7 nitrogen and oxygen atoms in total. The zero-order chi connectivity index (χ0) is 27.3. The summed E-state index contributed by atoms with van der Waals surface area (Å²) in [5.74, 6) is -0.349. The van der Waals surface area contributed by atoms with Gasteiger partial charge in [0.05, 0.1) is 29.5 Å². The number of benzene rings is 1. The molecule has 5 rings (SSSR count). The maximum absolute atomic E-state index is 13.6. The number of hydrogen-bond donors (Lipinski definition) is 1. The highest BCUT2D eigenvalue weighted by Gasteiger charge is 2.47. The fourth-order valence-corrected chi connectivity index (χ4v) is 6.47. The molecular weight excluding hydrogens is 497 g/mol. The molecule has 1 N–H and O–H groups in total. The quantitative estimate of drug-likeness (QED) is 0.385. The maximum Gasteiger partial charge on any atom is 0.227 e. The molecule has 202 valence electrons. The Kier molecular flexibility index (Phi) is 6.72. The lowest BCUT2D eigenvalue weighted by molar-refractivity contribution is -0.121. The predicted molar refractivity (Wildman–Crippen MR) is 150 cm³/mol. The number of carbonyl (C=O) groups is 1. The molecule has 1 fully saturated rings. The Balaban J connectivity index is 1.46. The van der Waals surface area contributed by atoms with E-state index in [-0.39, 0.29) is 28.1 Å². The Morgan fingerprint density at radius 3 is 2.61 bits per heavy atom. The summed E-state index contributed by atoms with van der Waals surface area (Å²) in [6.07, 6.45) is 10.7. The number of aryl methyl sites for hydroxylation is 1. The van der Waals surface area contributed by atoms with Crippen molar-refractivity contribution in [2.45, 2.75) is 64.6 Å². The molecule has 1 saturated carbocycles. The summed E-state index contributed by atoms with van der Waals surface area (Å²) in [6, 6.07) is 6.43. The van der Waals surface area contributed by atoms with Crippen LogP contribution in [0.25, 0.3) is 11.8 Å². The van der Waals surface area contributed by atoms with Gasteiger partial charge >= 0.3 is 0 Å². The van der Waals surface area contributed by atoms with Crippen LogP contribution in [0.4, 0.5) is 10.1 Å². The van der Waals surface area contributed by atoms with Gasteiger partial charge in [0.15, 0.2) is 8.32 Å².